The van der Waals surface area contributed by atoms with Crippen LogP contribution >= 0.6 is 11.6 Å². The van der Waals surface area contributed by atoms with Crippen LogP contribution in [-0.4, -0.2) is 5.88 Å². The number of hydrogen-bond acceptors (Lipinski definition) is 0. The van der Waals surface area contributed by atoms with E-state index in [1.807, 2.05) is 0 Å². The first-order valence-electron chi connectivity index (χ1n) is 5.72. The zero-order valence-corrected chi connectivity index (χ0v) is 10.2. The first-order valence-corrected chi connectivity index (χ1v) is 6.26. The van der Waals surface area contributed by atoms with Crippen molar-refractivity contribution < 1.29 is 0 Å². The fourth-order valence-electron chi connectivity index (χ4n) is 3.73. The predicted octanol–water partition coefficient (Wildman–Crippen LogP) is 3.96. The Morgan fingerprint density at radius 2 is 1.60 bits per heavy atom. The van der Waals surface area contributed by atoms with E-state index in [4.69, 9.17) is 11.6 Å². The van der Waals surface area contributed by atoms with Gasteiger partial charge in [-0.15, -0.1) is 11.6 Å². The van der Waals surface area contributed by atoms with Crippen LogP contribution in [0.5, 0.6) is 0 Å². The largest absolute Gasteiger partial charge is 0.126 e. The highest BCUT2D eigenvalue weighted by atomic mass is 35.5. The molecule has 2 bridgehead atoms. The molecule has 15 heavy (non-hydrogen) atoms. The molecule has 0 unspecified atom stereocenters. The Bertz CT molecular complexity index is 379. The van der Waals surface area contributed by atoms with Crippen molar-refractivity contribution in [1.29, 1.82) is 0 Å². The standard InChI is InChI=1S/C14H17Cl/c1-10-3-11(2)5-12(4-10)14-6-13(7-14,8-14)9-15/h3-5H,6-9H2,1-2H3. The van der Waals surface area contributed by atoms with Crippen molar-refractivity contribution in [2.45, 2.75) is 38.5 Å². The number of aryl methyl sites for hydroxylation is 2. The molecule has 0 radical (unpaired) electrons. The molecule has 1 aromatic rings. The van der Waals surface area contributed by atoms with Gasteiger partial charge in [-0.2, -0.15) is 0 Å². The molecule has 0 atom stereocenters. The summed E-state index contributed by atoms with van der Waals surface area (Å²) in [6.45, 7) is 4.39. The van der Waals surface area contributed by atoms with Crippen LogP contribution in [0.4, 0.5) is 0 Å². The first kappa shape index (κ1) is 9.72. The summed E-state index contributed by atoms with van der Waals surface area (Å²) in [7, 11) is 0. The van der Waals surface area contributed by atoms with Crippen molar-refractivity contribution in [2.75, 3.05) is 5.88 Å². The lowest BCUT2D eigenvalue weighted by Crippen LogP contribution is -2.65. The summed E-state index contributed by atoms with van der Waals surface area (Å²) in [5.41, 5.74) is 5.40. The molecule has 0 nitrogen and oxygen atoms in total. The molecule has 4 rings (SSSR count). The Morgan fingerprint density at radius 3 is 2.07 bits per heavy atom. The van der Waals surface area contributed by atoms with Crippen LogP contribution in [-0.2, 0) is 5.41 Å². The number of hydrogen-bond donors (Lipinski definition) is 0. The summed E-state index contributed by atoms with van der Waals surface area (Å²) >= 11 is 5.99. The van der Waals surface area contributed by atoms with Gasteiger partial charge in [-0.3, -0.25) is 0 Å². The monoisotopic (exact) mass is 220 g/mol. The molecule has 3 saturated carbocycles. The molecule has 0 spiro atoms. The van der Waals surface area contributed by atoms with Gasteiger partial charge in [0.15, 0.2) is 0 Å². The van der Waals surface area contributed by atoms with Crippen LogP contribution in [0.25, 0.3) is 0 Å². The highest BCUT2D eigenvalue weighted by Gasteiger charge is 2.67. The Balaban J connectivity index is 1.90. The number of rotatable bonds is 2. The van der Waals surface area contributed by atoms with Crippen LogP contribution in [0.15, 0.2) is 18.2 Å². The number of halogens is 1. The second-order valence-electron chi connectivity index (χ2n) is 5.82. The van der Waals surface area contributed by atoms with Crippen molar-refractivity contribution in [3.8, 4) is 0 Å². The maximum Gasteiger partial charge on any atom is 0.0280 e. The van der Waals surface area contributed by atoms with Crippen LogP contribution in [0, 0.1) is 19.3 Å². The van der Waals surface area contributed by atoms with Gasteiger partial charge in [0.1, 0.15) is 0 Å². The Morgan fingerprint density at radius 1 is 1.07 bits per heavy atom. The minimum absolute atomic E-state index is 0.520. The number of benzene rings is 1. The van der Waals surface area contributed by atoms with E-state index >= 15 is 0 Å². The third-order valence-corrected chi connectivity index (χ3v) is 4.82. The van der Waals surface area contributed by atoms with Crippen LogP contribution in [0.2, 0.25) is 0 Å². The van der Waals surface area contributed by atoms with Gasteiger partial charge >= 0.3 is 0 Å². The van der Waals surface area contributed by atoms with Gasteiger partial charge in [0.2, 0.25) is 0 Å². The predicted molar refractivity (Wildman–Crippen MR) is 64.6 cm³/mol. The smallest absolute Gasteiger partial charge is 0.0280 e. The molecule has 0 saturated heterocycles. The van der Waals surface area contributed by atoms with Gasteiger partial charge in [0, 0.05) is 5.88 Å². The van der Waals surface area contributed by atoms with Gasteiger partial charge in [-0.1, -0.05) is 29.3 Å². The summed E-state index contributed by atoms with van der Waals surface area (Å²) in [5.74, 6) is 0.861. The maximum absolute atomic E-state index is 5.99. The van der Waals surface area contributed by atoms with Crippen molar-refractivity contribution in [3.05, 3.63) is 34.9 Å². The lowest BCUT2D eigenvalue weighted by Gasteiger charge is -2.71. The van der Waals surface area contributed by atoms with Crippen molar-refractivity contribution in [3.63, 3.8) is 0 Å². The average molecular weight is 221 g/mol. The Kier molecular flexibility index (Phi) is 1.81. The van der Waals surface area contributed by atoms with Crippen LogP contribution in [0.1, 0.15) is 36.0 Å². The minimum Gasteiger partial charge on any atom is -0.126 e. The van der Waals surface area contributed by atoms with Gasteiger partial charge < -0.3 is 0 Å². The molecule has 1 aromatic carbocycles. The SMILES string of the molecule is Cc1cc(C)cc(C23CC(CCl)(C2)C3)c1. The molecule has 0 aliphatic heterocycles. The summed E-state index contributed by atoms with van der Waals surface area (Å²) in [6.07, 6.45) is 3.98. The molecule has 0 aromatic heterocycles. The summed E-state index contributed by atoms with van der Waals surface area (Å²) in [6, 6.07) is 6.99. The highest BCUT2D eigenvalue weighted by Crippen LogP contribution is 2.73. The molecule has 80 valence electrons. The fourth-order valence-corrected chi connectivity index (χ4v) is 4.01. The first-order chi connectivity index (χ1) is 7.07. The second-order valence-corrected chi connectivity index (χ2v) is 6.09. The normalized spacial score (nSPS) is 37.0. The molecule has 1 heteroatoms. The third-order valence-electron chi connectivity index (χ3n) is 4.26. The van der Waals surface area contributed by atoms with E-state index in [1.165, 1.54) is 30.4 Å². The molecule has 0 N–H and O–H groups in total. The van der Waals surface area contributed by atoms with E-state index in [1.54, 1.807) is 5.56 Å². The molecule has 0 heterocycles. The zero-order valence-electron chi connectivity index (χ0n) is 9.44. The summed E-state index contributed by atoms with van der Waals surface area (Å²) < 4.78 is 0. The van der Waals surface area contributed by atoms with Gasteiger partial charge in [-0.25, -0.2) is 0 Å². The molecular formula is C14H17Cl. The van der Waals surface area contributed by atoms with E-state index in [0.29, 0.717) is 10.8 Å². The topological polar surface area (TPSA) is 0 Å². The van der Waals surface area contributed by atoms with E-state index < -0.39 is 0 Å². The molecule has 3 aliphatic rings. The number of alkyl halides is 1. The maximum atomic E-state index is 5.99. The molecule has 3 aliphatic carbocycles. The lowest BCUT2D eigenvalue weighted by atomic mass is 9.34. The lowest BCUT2D eigenvalue weighted by molar-refractivity contribution is -0.122. The quantitative estimate of drug-likeness (QED) is 0.662. The fraction of sp³-hybridized carbons (Fsp3) is 0.571. The van der Waals surface area contributed by atoms with E-state index in [2.05, 4.69) is 32.0 Å². The summed E-state index contributed by atoms with van der Waals surface area (Å²) in [5, 5.41) is 0. The van der Waals surface area contributed by atoms with Crippen molar-refractivity contribution in [1.82, 2.24) is 0 Å². The third kappa shape index (κ3) is 1.21. The molecule has 0 amide bonds. The minimum atomic E-state index is 0.520. The van der Waals surface area contributed by atoms with E-state index in [9.17, 15) is 0 Å². The highest BCUT2D eigenvalue weighted by molar-refractivity contribution is 6.18. The Labute approximate surface area is 96.6 Å². The zero-order chi connectivity index (χ0) is 10.7. The van der Waals surface area contributed by atoms with E-state index in [-0.39, 0.29) is 0 Å². The summed E-state index contributed by atoms with van der Waals surface area (Å²) in [4.78, 5) is 0. The second kappa shape index (κ2) is 2.79. The van der Waals surface area contributed by atoms with Crippen LogP contribution < -0.4 is 0 Å². The van der Waals surface area contributed by atoms with Gasteiger partial charge in [0.25, 0.3) is 0 Å². The van der Waals surface area contributed by atoms with Crippen molar-refractivity contribution in [2.24, 2.45) is 5.41 Å². The van der Waals surface area contributed by atoms with E-state index in [0.717, 1.165) is 5.88 Å². The Hall–Kier alpha value is -0.490. The van der Waals surface area contributed by atoms with Gasteiger partial charge in [-0.05, 0) is 49.5 Å². The molecular weight excluding hydrogens is 204 g/mol. The van der Waals surface area contributed by atoms with Gasteiger partial charge in [0.05, 0.1) is 0 Å². The van der Waals surface area contributed by atoms with Crippen LogP contribution in [0.3, 0.4) is 0 Å². The van der Waals surface area contributed by atoms with Crippen molar-refractivity contribution >= 4 is 11.6 Å². The average Bonchev–Trinajstić information content (AvgIpc) is 1.97. The molecule has 3 fully saturated rings.